The van der Waals surface area contributed by atoms with Crippen molar-refractivity contribution in [3.05, 3.63) is 36.4 Å². The summed E-state index contributed by atoms with van der Waals surface area (Å²) in [7, 11) is 1.55. The van der Waals surface area contributed by atoms with Crippen LogP contribution in [0.3, 0.4) is 0 Å². The van der Waals surface area contributed by atoms with Gasteiger partial charge in [-0.25, -0.2) is 0 Å². The average molecular weight is 374 g/mol. The highest BCUT2D eigenvalue weighted by atomic mass is 32.2. The fourth-order valence-corrected chi connectivity index (χ4v) is 4.04. The summed E-state index contributed by atoms with van der Waals surface area (Å²) in [4.78, 5) is 1.89. The van der Waals surface area contributed by atoms with Crippen LogP contribution in [0.25, 0.3) is 0 Å². The van der Waals surface area contributed by atoms with Crippen molar-refractivity contribution in [1.29, 1.82) is 0 Å². The highest BCUT2D eigenvalue weighted by Crippen LogP contribution is 2.51. The number of methoxy groups -OCH3 is 1. The van der Waals surface area contributed by atoms with Crippen molar-refractivity contribution in [1.82, 2.24) is 0 Å². The average Bonchev–Trinajstić information content (AvgIpc) is 3.06. The topological polar surface area (TPSA) is 46.2 Å². The van der Waals surface area contributed by atoms with E-state index in [0.717, 1.165) is 34.1 Å². The number of fused-ring (bicyclic) bond motifs is 4. The molecule has 0 bridgehead atoms. The quantitative estimate of drug-likeness (QED) is 0.710. The van der Waals surface area contributed by atoms with Crippen LogP contribution < -0.4 is 18.9 Å². The zero-order valence-electron chi connectivity index (χ0n) is 15.1. The molecule has 2 heterocycles. The van der Waals surface area contributed by atoms with E-state index in [-0.39, 0.29) is 12.2 Å². The van der Waals surface area contributed by atoms with Gasteiger partial charge in [-0.3, -0.25) is 0 Å². The van der Waals surface area contributed by atoms with Crippen molar-refractivity contribution in [3.63, 3.8) is 0 Å². The van der Waals surface area contributed by atoms with Gasteiger partial charge in [-0.1, -0.05) is 23.9 Å². The standard InChI is InChI=1S/C20H22O5S/c1-12-8-9-13(2)23-16-11-10-15-18(25-20(21-3)24-15)19(16)26-17-7-5-4-6-14(17)22-12/h4-7,10-13,20H,8-9H2,1-3H3. The van der Waals surface area contributed by atoms with Crippen LogP contribution in [0.1, 0.15) is 26.7 Å². The summed E-state index contributed by atoms with van der Waals surface area (Å²) >= 11 is 1.56. The maximum atomic E-state index is 6.23. The second-order valence-electron chi connectivity index (χ2n) is 6.46. The summed E-state index contributed by atoms with van der Waals surface area (Å²) in [6, 6.07) is 11.8. The molecule has 138 valence electrons. The third-order valence-electron chi connectivity index (χ3n) is 4.37. The zero-order valence-corrected chi connectivity index (χ0v) is 15.9. The number of hydrogen-bond donors (Lipinski definition) is 0. The molecule has 2 aromatic carbocycles. The summed E-state index contributed by atoms with van der Waals surface area (Å²) in [6.07, 6.45) is 2.02. The van der Waals surface area contributed by atoms with Gasteiger partial charge in [-0.15, -0.1) is 0 Å². The first-order valence-corrected chi connectivity index (χ1v) is 9.59. The Balaban J connectivity index is 1.79. The second kappa shape index (κ2) is 7.29. The number of hydrogen-bond acceptors (Lipinski definition) is 6. The lowest BCUT2D eigenvalue weighted by Gasteiger charge is -2.18. The van der Waals surface area contributed by atoms with Crippen LogP contribution in [0.4, 0.5) is 0 Å². The Morgan fingerprint density at radius 1 is 0.846 bits per heavy atom. The highest BCUT2D eigenvalue weighted by molar-refractivity contribution is 7.99. The Kier molecular flexibility index (Phi) is 4.87. The molecule has 0 N–H and O–H groups in total. The van der Waals surface area contributed by atoms with Gasteiger partial charge in [-0.2, -0.15) is 0 Å². The van der Waals surface area contributed by atoms with Gasteiger partial charge in [0.05, 0.1) is 17.1 Å². The molecule has 6 heteroatoms. The molecule has 2 aliphatic heterocycles. The lowest BCUT2D eigenvalue weighted by Crippen LogP contribution is -2.19. The van der Waals surface area contributed by atoms with Crippen molar-refractivity contribution in [2.75, 3.05) is 7.11 Å². The van der Waals surface area contributed by atoms with Gasteiger partial charge >= 0.3 is 6.48 Å². The molecule has 0 aromatic heterocycles. The Labute approximate surface area is 157 Å². The molecule has 0 aliphatic carbocycles. The first-order valence-electron chi connectivity index (χ1n) is 8.77. The van der Waals surface area contributed by atoms with E-state index in [9.17, 15) is 0 Å². The molecule has 4 rings (SSSR count). The van der Waals surface area contributed by atoms with E-state index in [1.807, 2.05) is 36.4 Å². The molecule has 0 spiro atoms. The van der Waals surface area contributed by atoms with Crippen molar-refractivity contribution in [2.24, 2.45) is 0 Å². The Hall–Kier alpha value is -2.05. The van der Waals surface area contributed by atoms with Gasteiger partial charge in [-0.05, 0) is 51.0 Å². The molecular weight excluding hydrogens is 352 g/mol. The van der Waals surface area contributed by atoms with Crippen molar-refractivity contribution in [2.45, 2.75) is 55.2 Å². The number of ether oxygens (including phenoxy) is 5. The Morgan fingerprint density at radius 2 is 1.54 bits per heavy atom. The number of rotatable bonds is 1. The van der Waals surface area contributed by atoms with E-state index in [4.69, 9.17) is 23.7 Å². The van der Waals surface area contributed by atoms with E-state index in [0.29, 0.717) is 11.5 Å². The number of para-hydroxylation sites is 1. The third kappa shape index (κ3) is 3.44. The summed E-state index contributed by atoms with van der Waals surface area (Å²) in [5.74, 6) is 2.95. The maximum Gasteiger partial charge on any atom is 0.360 e. The SMILES string of the molecule is COC1Oc2ccc3c(c2O1)Sc1ccccc1OC(C)CCC(C)O3. The van der Waals surface area contributed by atoms with Gasteiger partial charge in [0.25, 0.3) is 0 Å². The molecule has 2 aromatic rings. The van der Waals surface area contributed by atoms with Crippen molar-refractivity contribution < 1.29 is 23.7 Å². The maximum absolute atomic E-state index is 6.23. The first-order chi connectivity index (χ1) is 12.6. The smallest absolute Gasteiger partial charge is 0.360 e. The Bertz CT molecular complexity index is 794. The van der Waals surface area contributed by atoms with E-state index < -0.39 is 6.48 Å². The predicted octanol–water partition coefficient (Wildman–Crippen LogP) is 4.87. The third-order valence-corrected chi connectivity index (χ3v) is 5.51. The second-order valence-corrected chi connectivity index (χ2v) is 7.52. The fraction of sp³-hybridized carbons (Fsp3) is 0.400. The summed E-state index contributed by atoms with van der Waals surface area (Å²) in [5.41, 5.74) is 0. The normalized spacial score (nSPS) is 24.5. The van der Waals surface area contributed by atoms with E-state index in [1.165, 1.54) is 0 Å². The lowest BCUT2D eigenvalue weighted by atomic mass is 10.1. The van der Waals surface area contributed by atoms with E-state index in [2.05, 4.69) is 13.8 Å². The molecule has 5 nitrogen and oxygen atoms in total. The summed E-state index contributed by atoms with van der Waals surface area (Å²) < 4.78 is 29.1. The van der Waals surface area contributed by atoms with Gasteiger partial charge in [0, 0.05) is 7.11 Å². The monoisotopic (exact) mass is 374 g/mol. The molecule has 3 atom stereocenters. The van der Waals surface area contributed by atoms with Crippen LogP contribution in [0, 0.1) is 0 Å². The molecule has 0 saturated heterocycles. The molecule has 2 aliphatic rings. The van der Waals surface area contributed by atoms with Gasteiger partial charge in [0.15, 0.2) is 11.5 Å². The molecular formula is C20H22O5S. The van der Waals surface area contributed by atoms with Gasteiger partial charge < -0.3 is 23.7 Å². The predicted molar refractivity (Wildman–Crippen MR) is 98.5 cm³/mol. The van der Waals surface area contributed by atoms with E-state index in [1.54, 1.807) is 18.9 Å². The van der Waals surface area contributed by atoms with Crippen LogP contribution in [-0.4, -0.2) is 25.8 Å². The van der Waals surface area contributed by atoms with E-state index >= 15 is 0 Å². The van der Waals surface area contributed by atoms with Crippen LogP contribution in [-0.2, 0) is 4.74 Å². The summed E-state index contributed by atoms with van der Waals surface area (Å²) in [5, 5.41) is 0. The molecule has 26 heavy (non-hydrogen) atoms. The first kappa shape index (κ1) is 17.4. The van der Waals surface area contributed by atoms with Crippen LogP contribution >= 0.6 is 11.8 Å². The fourth-order valence-electron chi connectivity index (χ4n) is 3.00. The molecule has 0 fully saturated rings. The van der Waals surface area contributed by atoms with Crippen molar-refractivity contribution in [3.8, 4) is 23.0 Å². The molecule has 0 saturated carbocycles. The van der Waals surface area contributed by atoms with Crippen molar-refractivity contribution >= 4 is 11.8 Å². The number of benzene rings is 2. The molecule has 0 amide bonds. The molecule has 0 radical (unpaired) electrons. The minimum atomic E-state index is -0.737. The Morgan fingerprint density at radius 3 is 2.31 bits per heavy atom. The van der Waals surface area contributed by atoms with Crippen LogP contribution in [0.2, 0.25) is 0 Å². The van der Waals surface area contributed by atoms with Gasteiger partial charge in [0.2, 0.25) is 0 Å². The minimum Gasteiger partial charge on any atom is -0.490 e. The van der Waals surface area contributed by atoms with Crippen LogP contribution in [0.5, 0.6) is 23.0 Å². The largest absolute Gasteiger partial charge is 0.490 e. The minimum absolute atomic E-state index is 0.0696. The molecule has 3 unspecified atom stereocenters. The summed E-state index contributed by atoms with van der Waals surface area (Å²) in [6.45, 7) is 3.44. The lowest BCUT2D eigenvalue weighted by molar-refractivity contribution is -0.158. The van der Waals surface area contributed by atoms with Gasteiger partial charge in [0.1, 0.15) is 16.4 Å². The highest BCUT2D eigenvalue weighted by Gasteiger charge is 2.31. The zero-order chi connectivity index (χ0) is 18.1. The van der Waals surface area contributed by atoms with Crippen LogP contribution in [0.15, 0.2) is 46.2 Å².